The Hall–Kier alpha value is -1.47. The maximum absolute atomic E-state index is 11.4. The molecule has 1 saturated heterocycles. The number of hydrogen-bond donors (Lipinski definition) is 4. The number of amides is 1. The lowest BCUT2D eigenvalue weighted by atomic mass is 10.1. The van der Waals surface area contributed by atoms with Gasteiger partial charge in [0.1, 0.15) is 0 Å². The largest absolute Gasteiger partial charge is 0.351 e. The van der Waals surface area contributed by atoms with Crippen molar-refractivity contribution in [2.24, 2.45) is 5.73 Å². The van der Waals surface area contributed by atoms with Crippen molar-refractivity contribution in [1.29, 1.82) is 0 Å². The van der Waals surface area contributed by atoms with Crippen LogP contribution in [0.1, 0.15) is 24.5 Å². The minimum Gasteiger partial charge on any atom is -0.351 e. The highest BCUT2D eigenvalue weighted by molar-refractivity contribution is 5.80. The first kappa shape index (κ1) is 18.9. The van der Waals surface area contributed by atoms with Gasteiger partial charge in [0.15, 0.2) is 0 Å². The van der Waals surface area contributed by atoms with Crippen LogP contribution in [0.2, 0.25) is 0 Å². The van der Waals surface area contributed by atoms with E-state index in [0.717, 1.165) is 31.7 Å². The molecule has 0 bridgehead atoms. The minimum absolute atomic E-state index is 0.120. The van der Waals surface area contributed by atoms with Gasteiger partial charge in [-0.3, -0.25) is 4.79 Å². The van der Waals surface area contributed by atoms with Crippen molar-refractivity contribution < 1.29 is 4.79 Å². The number of carbonyl (C=O) groups is 1. The van der Waals surface area contributed by atoms with E-state index < -0.39 is 6.04 Å². The number of benzene rings is 1. The third-order valence-electron chi connectivity index (χ3n) is 4.27. The van der Waals surface area contributed by atoms with Gasteiger partial charge in [0.25, 0.3) is 0 Å². The van der Waals surface area contributed by atoms with E-state index in [9.17, 15) is 4.79 Å². The summed E-state index contributed by atoms with van der Waals surface area (Å²) >= 11 is 0. The van der Waals surface area contributed by atoms with E-state index in [-0.39, 0.29) is 5.91 Å². The highest BCUT2D eigenvalue weighted by Gasteiger charge is 2.08. The zero-order valence-electron chi connectivity index (χ0n) is 14.7. The lowest BCUT2D eigenvalue weighted by Crippen LogP contribution is -2.44. The molecule has 1 amide bonds. The van der Waals surface area contributed by atoms with Crippen LogP contribution >= 0.6 is 0 Å². The molecule has 1 atom stereocenters. The van der Waals surface area contributed by atoms with E-state index in [0.29, 0.717) is 6.54 Å². The van der Waals surface area contributed by atoms with Gasteiger partial charge in [-0.1, -0.05) is 24.3 Å². The Morgan fingerprint density at radius 3 is 2.46 bits per heavy atom. The average molecular weight is 333 g/mol. The Kier molecular flexibility index (Phi) is 8.18. The monoisotopic (exact) mass is 333 g/mol. The minimum atomic E-state index is -0.463. The van der Waals surface area contributed by atoms with Crippen LogP contribution in [0.15, 0.2) is 24.3 Å². The normalized spacial score (nSPS) is 16.8. The molecule has 0 aliphatic carbocycles. The molecule has 0 unspecified atom stereocenters. The summed E-state index contributed by atoms with van der Waals surface area (Å²) in [5.41, 5.74) is 7.88. The summed E-state index contributed by atoms with van der Waals surface area (Å²) in [4.78, 5) is 14.0. The topological polar surface area (TPSA) is 82.4 Å². The molecule has 1 heterocycles. The molecule has 0 aromatic heterocycles. The Morgan fingerprint density at radius 1 is 1.21 bits per heavy atom. The molecule has 24 heavy (non-hydrogen) atoms. The Bertz CT molecular complexity index is 483. The van der Waals surface area contributed by atoms with Crippen LogP contribution in [-0.2, 0) is 17.9 Å². The predicted octanol–water partition coefficient (Wildman–Crippen LogP) is 0.0349. The average Bonchev–Trinajstić information content (AvgIpc) is 2.61. The fourth-order valence-corrected chi connectivity index (χ4v) is 2.72. The Morgan fingerprint density at radius 2 is 1.83 bits per heavy atom. The first-order valence-electron chi connectivity index (χ1n) is 8.90. The van der Waals surface area contributed by atoms with E-state index in [1.54, 1.807) is 6.92 Å². The van der Waals surface area contributed by atoms with Crippen molar-refractivity contribution >= 4 is 5.91 Å². The second-order valence-electron chi connectivity index (χ2n) is 6.44. The van der Waals surface area contributed by atoms with Gasteiger partial charge in [-0.15, -0.1) is 0 Å². The molecule has 0 saturated carbocycles. The van der Waals surface area contributed by atoms with Crippen LogP contribution in [0.3, 0.4) is 0 Å². The number of nitrogens with zero attached hydrogens (tertiary/aromatic N) is 1. The second kappa shape index (κ2) is 10.4. The molecule has 6 heteroatoms. The van der Waals surface area contributed by atoms with Gasteiger partial charge in [-0.25, -0.2) is 0 Å². The van der Waals surface area contributed by atoms with Crippen LogP contribution in [-0.4, -0.2) is 56.1 Å². The van der Waals surface area contributed by atoms with E-state index in [1.807, 2.05) is 0 Å². The molecular weight excluding hydrogens is 302 g/mol. The number of piperazine rings is 1. The van der Waals surface area contributed by atoms with Gasteiger partial charge in [-0.05, 0) is 37.6 Å². The zero-order valence-corrected chi connectivity index (χ0v) is 14.7. The first-order chi connectivity index (χ1) is 11.6. The van der Waals surface area contributed by atoms with Gasteiger partial charge >= 0.3 is 0 Å². The summed E-state index contributed by atoms with van der Waals surface area (Å²) in [5, 5.41) is 9.69. The van der Waals surface area contributed by atoms with Gasteiger partial charge in [0.05, 0.1) is 6.04 Å². The van der Waals surface area contributed by atoms with Crippen molar-refractivity contribution in [3.8, 4) is 0 Å². The van der Waals surface area contributed by atoms with Gasteiger partial charge in [0, 0.05) is 39.3 Å². The predicted molar refractivity (Wildman–Crippen MR) is 97.6 cm³/mol. The molecule has 0 radical (unpaired) electrons. The summed E-state index contributed by atoms with van der Waals surface area (Å²) in [6.45, 7) is 9.87. The lowest BCUT2D eigenvalue weighted by molar-refractivity contribution is -0.122. The van der Waals surface area contributed by atoms with Crippen LogP contribution in [0.25, 0.3) is 0 Å². The molecule has 1 aromatic carbocycles. The Balaban J connectivity index is 1.58. The molecule has 6 nitrogen and oxygen atoms in total. The second-order valence-corrected chi connectivity index (χ2v) is 6.44. The smallest absolute Gasteiger partial charge is 0.236 e. The molecule has 0 spiro atoms. The summed E-state index contributed by atoms with van der Waals surface area (Å²) < 4.78 is 0. The van der Waals surface area contributed by atoms with Gasteiger partial charge in [0.2, 0.25) is 5.91 Å². The molecule has 134 valence electrons. The fraction of sp³-hybridized carbons (Fsp3) is 0.611. The van der Waals surface area contributed by atoms with Gasteiger partial charge < -0.3 is 26.6 Å². The van der Waals surface area contributed by atoms with Crippen molar-refractivity contribution in [3.63, 3.8) is 0 Å². The third-order valence-corrected chi connectivity index (χ3v) is 4.27. The first-order valence-corrected chi connectivity index (χ1v) is 8.90. The van der Waals surface area contributed by atoms with Crippen molar-refractivity contribution in [2.45, 2.75) is 32.5 Å². The zero-order chi connectivity index (χ0) is 17.2. The van der Waals surface area contributed by atoms with E-state index in [2.05, 4.69) is 45.1 Å². The maximum Gasteiger partial charge on any atom is 0.236 e. The number of hydrogen-bond acceptors (Lipinski definition) is 5. The molecule has 1 aliphatic heterocycles. The molecule has 1 aliphatic rings. The van der Waals surface area contributed by atoms with Crippen molar-refractivity contribution in [2.75, 3.05) is 39.3 Å². The quantitative estimate of drug-likeness (QED) is 0.480. The van der Waals surface area contributed by atoms with Gasteiger partial charge in [-0.2, -0.15) is 0 Å². The lowest BCUT2D eigenvalue weighted by Gasteiger charge is -2.27. The number of nitrogens with two attached hydrogens (primary N) is 1. The summed E-state index contributed by atoms with van der Waals surface area (Å²) in [6.07, 6.45) is 1.18. The van der Waals surface area contributed by atoms with E-state index in [1.165, 1.54) is 31.6 Å². The van der Waals surface area contributed by atoms with E-state index >= 15 is 0 Å². The molecule has 5 N–H and O–H groups in total. The summed E-state index contributed by atoms with van der Waals surface area (Å²) in [5.74, 6) is -0.120. The Labute approximate surface area is 145 Å². The molecular formula is C18H31N5O. The molecule has 1 aromatic rings. The van der Waals surface area contributed by atoms with E-state index in [4.69, 9.17) is 5.73 Å². The van der Waals surface area contributed by atoms with Crippen LogP contribution in [0, 0.1) is 0 Å². The summed E-state index contributed by atoms with van der Waals surface area (Å²) in [6, 6.07) is 7.86. The SMILES string of the molecule is C[C@H](N)C(=O)NCc1ccc(CNCCCN2CCNCC2)cc1. The fourth-order valence-electron chi connectivity index (χ4n) is 2.72. The van der Waals surface area contributed by atoms with Crippen LogP contribution < -0.4 is 21.7 Å². The molecule has 1 fully saturated rings. The van der Waals surface area contributed by atoms with Crippen molar-refractivity contribution in [1.82, 2.24) is 20.9 Å². The standard InChI is InChI=1S/C18H31N5O/c1-15(19)18(24)22-14-17-5-3-16(4-6-17)13-21-7-2-10-23-11-8-20-9-12-23/h3-6,15,20-21H,2,7-14,19H2,1H3,(H,22,24)/t15-/m0/s1. The number of rotatable bonds is 9. The highest BCUT2D eigenvalue weighted by Crippen LogP contribution is 2.04. The number of nitrogens with one attached hydrogen (secondary N) is 3. The van der Waals surface area contributed by atoms with Crippen molar-refractivity contribution in [3.05, 3.63) is 35.4 Å². The van der Waals surface area contributed by atoms with Crippen LogP contribution in [0.4, 0.5) is 0 Å². The molecule has 2 rings (SSSR count). The third kappa shape index (κ3) is 6.97. The highest BCUT2D eigenvalue weighted by atomic mass is 16.2. The summed E-state index contributed by atoms with van der Waals surface area (Å²) in [7, 11) is 0. The van der Waals surface area contributed by atoms with Crippen LogP contribution in [0.5, 0.6) is 0 Å². The number of carbonyl (C=O) groups excluding carboxylic acids is 1. The maximum atomic E-state index is 11.4.